The lowest BCUT2D eigenvalue weighted by atomic mass is 10.0. The first-order chi connectivity index (χ1) is 8.45. The highest BCUT2D eigenvalue weighted by Crippen LogP contribution is 2.17. The van der Waals surface area contributed by atoms with Crippen LogP contribution >= 0.6 is 15.9 Å². The van der Waals surface area contributed by atoms with Crippen LogP contribution in [0, 0.1) is 5.92 Å². The monoisotopic (exact) mass is 317 g/mol. The minimum atomic E-state index is -0.527. The number of nitrogens with zero attached hydrogens (tertiary/aromatic N) is 1. The molecule has 7 heteroatoms. The van der Waals surface area contributed by atoms with E-state index in [4.69, 9.17) is 4.74 Å². The topological polar surface area (TPSA) is 84.1 Å². The number of carbonyl (C=O) groups excluding carboxylic acids is 1. The van der Waals surface area contributed by atoms with Crippen molar-refractivity contribution in [3.63, 3.8) is 0 Å². The average Bonchev–Trinajstić information content (AvgIpc) is 2.32. The molecule has 1 aromatic rings. The van der Waals surface area contributed by atoms with E-state index >= 15 is 0 Å². The number of aromatic amines is 1. The maximum atomic E-state index is 11.6. The normalized spacial score (nSPS) is 12.3. The number of hydrogen-bond donors (Lipinski definition) is 2. The van der Waals surface area contributed by atoms with Crippen molar-refractivity contribution in [1.29, 1.82) is 0 Å². The zero-order valence-electron chi connectivity index (χ0n) is 10.5. The Labute approximate surface area is 113 Å². The standard InChI is InChI=1S/C11H16BrN3O3/c1-6(2)4-7(11(17)18-3)15-9-8(12)10(16)14-5-13-9/h5-7H,4H2,1-3H3,(H2,13,14,15,16). The highest BCUT2D eigenvalue weighted by Gasteiger charge is 2.22. The summed E-state index contributed by atoms with van der Waals surface area (Å²) in [5, 5.41) is 2.92. The third-order valence-corrected chi connectivity index (χ3v) is 3.04. The van der Waals surface area contributed by atoms with Gasteiger partial charge in [-0.25, -0.2) is 9.78 Å². The molecule has 0 aliphatic carbocycles. The highest BCUT2D eigenvalue weighted by molar-refractivity contribution is 9.10. The van der Waals surface area contributed by atoms with Gasteiger partial charge in [0, 0.05) is 0 Å². The number of carbonyl (C=O) groups is 1. The van der Waals surface area contributed by atoms with Gasteiger partial charge in [-0.05, 0) is 28.3 Å². The van der Waals surface area contributed by atoms with E-state index in [1.54, 1.807) is 0 Å². The number of hydrogen-bond acceptors (Lipinski definition) is 5. The molecule has 1 heterocycles. The highest BCUT2D eigenvalue weighted by atomic mass is 79.9. The van der Waals surface area contributed by atoms with Gasteiger partial charge in [-0.3, -0.25) is 4.79 Å². The van der Waals surface area contributed by atoms with E-state index in [0.29, 0.717) is 18.2 Å². The number of nitrogens with one attached hydrogen (secondary N) is 2. The SMILES string of the molecule is COC(=O)C(CC(C)C)Nc1nc[nH]c(=O)c1Br. The first-order valence-electron chi connectivity index (χ1n) is 5.53. The average molecular weight is 318 g/mol. The summed E-state index contributed by atoms with van der Waals surface area (Å²) in [5.41, 5.74) is -0.305. The van der Waals surface area contributed by atoms with Gasteiger partial charge < -0.3 is 15.0 Å². The molecule has 1 aromatic heterocycles. The van der Waals surface area contributed by atoms with Crippen molar-refractivity contribution in [3.05, 3.63) is 21.2 Å². The Morgan fingerprint density at radius 2 is 2.28 bits per heavy atom. The van der Waals surface area contributed by atoms with Gasteiger partial charge >= 0.3 is 5.97 Å². The Morgan fingerprint density at radius 1 is 1.61 bits per heavy atom. The molecular weight excluding hydrogens is 302 g/mol. The lowest BCUT2D eigenvalue weighted by Crippen LogP contribution is -2.33. The Kier molecular flexibility index (Phi) is 5.33. The van der Waals surface area contributed by atoms with E-state index in [2.05, 4.69) is 31.2 Å². The van der Waals surface area contributed by atoms with Gasteiger partial charge in [0.15, 0.2) is 0 Å². The summed E-state index contributed by atoms with van der Waals surface area (Å²) in [7, 11) is 1.33. The van der Waals surface area contributed by atoms with Gasteiger partial charge in [0.2, 0.25) is 0 Å². The second-order valence-electron chi connectivity index (χ2n) is 4.24. The Bertz CT molecular complexity index is 473. The number of aromatic nitrogens is 2. The molecule has 6 nitrogen and oxygen atoms in total. The second-order valence-corrected chi connectivity index (χ2v) is 5.04. The van der Waals surface area contributed by atoms with Crippen LogP contribution in [0.2, 0.25) is 0 Å². The number of H-pyrrole nitrogens is 1. The Hall–Kier alpha value is -1.37. The third kappa shape index (κ3) is 3.83. The number of rotatable bonds is 5. The summed E-state index contributed by atoms with van der Waals surface area (Å²) >= 11 is 3.13. The van der Waals surface area contributed by atoms with Gasteiger partial charge in [0.25, 0.3) is 5.56 Å². The van der Waals surface area contributed by atoms with Crippen molar-refractivity contribution in [2.45, 2.75) is 26.3 Å². The largest absolute Gasteiger partial charge is 0.467 e. The van der Waals surface area contributed by atoms with E-state index in [9.17, 15) is 9.59 Å². The molecule has 1 unspecified atom stereocenters. The van der Waals surface area contributed by atoms with E-state index in [-0.39, 0.29) is 16.0 Å². The Morgan fingerprint density at radius 3 is 2.83 bits per heavy atom. The zero-order valence-corrected chi connectivity index (χ0v) is 12.1. The van der Waals surface area contributed by atoms with E-state index < -0.39 is 6.04 Å². The molecule has 1 rings (SSSR count). The maximum absolute atomic E-state index is 11.6. The van der Waals surface area contributed by atoms with Gasteiger partial charge in [-0.2, -0.15) is 0 Å². The molecule has 100 valence electrons. The van der Waals surface area contributed by atoms with Crippen LogP contribution in [0.25, 0.3) is 0 Å². The third-order valence-electron chi connectivity index (χ3n) is 2.30. The minimum Gasteiger partial charge on any atom is -0.467 e. The van der Waals surface area contributed by atoms with Crippen LogP contribution in [-0.2, 0) is 9.53 Å². The summed E-state index contributed by atoms with van der Waals surface area (Å²) < 4.78 is 4.99. The summed E-state index contributed by atoms with van der Waals surface area (Å²) in [5.74, 6) is 0.259. The minimum absolute atomic E-state index is 0.266. The van der Waals surface area contributed by atoms with Crippen molar-refractivity contribution in [3.8, 4) is 0 Å². The van der Waals surface area contributed by atoms with Gasteiger partial charge in [0.05, 0.1) is 13.4 Å². The van der Waals surface area contributed by atoms with Crippen LogP contribution < -0.4 is 10.9 Å². The molecule has 0 fully saturated rings. The maximum Gasteiger partial charge on any atom is 0.328 e. The quantitative estimate of drug-likeness (QED) is 0.805. The predicted octanol–water partition coefficient (Wildman–Crippen LogP) is 1.53. The second kappa shape index (κ2) is 6.53. The van der Waals surface area contributed by atoms with Crippen LogP contribution in [0.3, 0.4) is 0 Å². The van der Waals surface area contributed by atoms with Crippen LogP contribution in [0.1, 0.15) is 20.3 Å². The van der Waals surface area contributed by atoms with Gasteiger partial charge in [0.1, 0.15) is 16.3 Å². The molecular formula is C11H16BrN3O3. The van der Waals surface area contributed by atoms with E-state index in [1.807, 2.05) is 13.8 Å². The summed E-state index contributed by atoms with van der Waals surface area (Å²) in [6.45, 7) is 4.00. The fourth-order valence-corrected chi connectivity index (χ4v) is 1.81. The van der Waals surface area contributed by atoms with Crippen molar-refractivity contribution >= 4 is 27.7 Å². The molecule has 18 heavy (non-hydrogen) atoms. The summed E-state index contributed by atoms with van der Waals surface area (Å²) in [6.07, 6.45) is 1.87. The Balaban J connectivity index is 2.92. The number of methoxy groups -OCH3 is 1. The molecule has 0 aliphatic heterocycles. The molecule has 2 N–H and O–H groups in total. The molecule has 0 aliphatic rings. The van der Waals surface area contributed by atoms with Crippen molar-refractivity contribution in [2.75, 3.05) is 12.4 Å². The molecule has 0 radical (unpaired) electrons. The number of halogens is 1. The predicted molar refractivity (Wildman–Crippen MR) is 71.4 cm³/mol. The van der Waals surface area contributed by atoms with Crippen LogP contribution in [0.15, 0.2) is 15.6 Å². The number of anilines is 1. The van der Waals surface area contributed by atoms with Crippen molar-refractivity contribution < 1.29 is 9.53 Å². The zero-order chi connectivity index (χ0) is 13.7. The molecule has 1 atom stereocenters. The number of esters is 1. The molecule has 0 saturated carbocycles. The molecule has 0 aromatic carbocycles. The lowest BCUT2D eigenvalue weighted by Gasteiger charge is -2.19. The number of ether oxygens (including phenoxy) is 1. The van der Waals surface area contributed by atoms with Crippen molar-refractivity contribution in [2.24, 2.45) is 5.92 Å². The summed E-state index contributed by atoms with van der Waals surface area (Å²) in [4.78, 5) is 29.4. The van der Waals surface area contributed by atoms with Crippen LogP contribution in [0.5, 0.6) is 0 Å². The summed E-state index contributed by atoms with van der Waals surface area (Å²) in [6, 6.07) is -0.527. The van der Waals surface area contributed by atoms with Crippen molar-refractivity contribution in [1.82, 2.24) is 9.97 Å². The van der Waals surface area contributed by atoms with E-state index in [1.165, 1.54) is 13.4 Å². The van der Waals surface area contributed by atoms with Crippen LogP contribution in [0.4, 0.5) is 5.82 Å². The fourth-order valence-electron chi connectivity index (χ4n) is 1.48. The first-order valence-corrected chi connectivity index (χ1v) is 6.32. The van der Waals surface area contributed by atoms with Gasteiger partial charge in [-0.1, -0.05) is 13.8 Å². The smallest absolute Gasteiger partial charge is 0.328 e. The molecule has 0 saturated heterocycles. The lowest BCUT2D eigenvalue weighted by molar-refractivity contribution is -0.141. The van der Waals surface area contributed by atoms with Crippen LogP contribution in [-0.4, -0.2) is 29.1 Å². The molecule has 0 spiro atoms. The fraction of sp³-hybridized carbons (Fsp3) is 0.545. The van der Waals surface area contributed by atoms with Gasteiger partial charge in [-0.15, -0.1) is 0 Å². The van der Waals surface area contributed by atoms with E-state index in [0.717, 1.165) is 0 Å². The molecule has 0 bridgehead atoms. The molecule has 0 amide bonds. The first kappa shape index (κ1) is 14.7.